The zero-order chi connectivity index (χ0) is 15.9. The molecule has 2 aromatic rings. The summed E-state index contributed by atoms with van der Waals surface area (Å²) >= 11 is 1.26. The molecule has 114 valence electrons. The van der Waals surface area contributed by atoms with Crippen LogP contribution >= 0.6 is 11.8 Å². The number of anilines is 1. The monoisotopic (exact) mass is 319 g/mol. The highest BCUT2D eigenvalue weighted by Gasteiger charge is 2.17. The number of carbonyl (C=O) groups excluding carboxylic acids is 1. The molecule has 0 atom stereocenters. The van der Waals surface area contributed by atoms with E-state index in [4.69, 9.17) is 5.26 Å². The number of amides is 1. The number of halogens is 1. The van der Waals surface area contributed by atoms with Gasteiger partial charge in [-0.05, 0) is 24.3 Å². The summed E-state index contributed by atoms with van der Waals surface area (Å²) in [6, 6.07) is 7.64. The molecule has 0 radical (unpaired) electrons. The van der Waals surface area contributed by atoms with Crippen molar-refractivity contribution in [2.75, 3.05) is 17.2 Å². The van der Waals surface area contributed by atoms with E-state index in [9.17, 15) is 9.18 Å². The number of hydrogen-bond acceptors (Lipinski definition) is 5. The normalized spacial score (nSPS) is 10.2. The summed E-state index contributed by atoms with van der Waals surface area (Å²) in [7, 11) is 1.79. The largest absolute Gasteiger partial charge is 0.312 e. The molecule has 1 aromatic heterocycles. The molecule has 2 rings (SSSR count). The van der Waals surface area contributed by atoms with Crippen molar-refractivity contribution < 1.29 is 9.18 Å². The second-order valence-electron chi connectivity index (χ2n) is 4.44. The van der Waals surface area contributed by atoms with Crippen molar-refractivity contribution >= 4 is 23.4 Å². The van der Waals surface area contributed by atoms with Crippen molar-refractivity contribution in [2.45, 2.75) is 11.6 Å². The van der Waals surface area contributed by atoms with E-state index < -0.39 is 0 Å². The lowest BCUT2D eigenvalue weighted by atomic mass is 10.2. The van der Waals surface area contributed by atoms with Crippen LogP contribution in [-0.2, 0) is 11.8 Å². The summed E-state index contributed by atoms with van der Waals surface area (Å²) < 4.78 is 14.7. The van der Waals surface area contributed by atoms with Crippen LogP contribution in [0, 0.1) is 17.1 Å². The summed E-state index contributed by atoms with van der Waals surface area (Å²) in [6.07, 6.45) is 1.76. The van der Waals surface area contributed by atoms with Gasteiger partial charge in [0.2, 0.25) is 5.91 Å². The van der Waals surface area contributed by atoms with Crippen molar-refractivity contribution in [1.29, 1.82) is 5.26 Å². The maximum absolute atomic E-state index is 13.0. The molecule has 0 spiro atoms. The molecule has 1 aromatic carbocycles. The predicted molar refractivity (Wildman–Crippen MR) is 80.7 cm³/mol. The Morgan fingerprint density at radius 2 is 2.18 bits per heavy atom. The molecule has 0 bridgehead atoms. The fourth-order valence-electron chi connectivity index (χ4n) is 1.79. The SMILES string of the molecule is Cn1cnnc1SCC(=O)N(CCC#N)c1ccc(F)cc1. The van der Waals surface area contributed by atoms with Gasteiger partial charge in [0.1, 0.15) is 12.1 Å². The summed E-state index contributed by atoms with van der Waals surface area (Å²) in [6.45, 7) is 0.264. The Bertz CT molecular complexity index is 679. The summed E-state index contributed by atoms with van der Waals surface area (Å²) in [5.41, 5.74) is 0.570. The molecule has 1 amide bonds. The number of thioether (sulfide) groups is 1. The summed E-state index contributed by atoms with van der Waals surface area (Å²) in [5, 5.41) is 17.0. The van der Waals surface area contributed by atoms with Gasteiger partial charge in [0.25, 0.3) is 0 Å². The van der Waals surface area contributed by atoms with E-state index in [1.54, 1.807) is 17.9 Å². The maximum atomic E-state index is 13.0. The minimum atomic E-state index is -0.370. The van der Waals surface area contributed by atoms with E-state index in [-0.39, 0.29) is 30.4 Å². The fourth-order valence-corrected chi connectivity index (χ4v) is 2.55. The van der Waals surface area contributed by atoms with E-state index >= 15 is 0 Å². The van der Waals surface area contributed by atoms with Gasteiger partial charge >= 0.3 is 0 Å². The maximum Gasteiger partial charge on any atom is 0.237 e. The van der Waals surface area contributed by atoms with Crippen LogP contribution in [-0.4, -0.2) is 33.0 Å². The van der Waals surface area contributed by atoms with Crippen LogP contribution in [0.2, 0.25) is 0 Å². The zero-order valence-electron chi connectivity index (χ0n) is 11.9. The first-order valence-electron chi connectivity index (χ1n) is 6.51. The molecule has 0 unspecified atom stereocenters. The van der Waals surface area contributed by atoms with E-state index in [0.717, 1.165) is 0 Å². The van der Waals surface area contributed by atoms with Crippen molar-refractivity contribution in [3.8, 4) is 6.07 Å². The lowest BCUT2D eigenvalue weighted by molar-refractivity contribution is -0.116. The highest BCUT2D eigenvalue weighted by atomic mass is 32.2. The Morgan fingerprint density at radius 1 is 1.45 bits per heavy atom. The van der Waals surface area contributed by atoms with E-state index in [1.165, 1.54) is 40.9 Å². The number of aryl methyl sites for hydroxylation is 1. The van der Waals surface area contributed by atoms with Gasteiger partial charge in [0.05, 0.1) is 18.2 Å². The predicted octanol–water partition coefficient (Wildman–Crippen LogP) is 1.99. The fraction of sp³-hybridized carbons (Fsp3) is 0.286. The topological polar surface area (TPSA) is 74.8 Å². The molecule has 8 heteroatoms. The number of carbonyl (C=O) groups is 1. The zero-order valence-corrected chi connectivity index (χ0v) is 12.8. The Kier molecular flexibility index (Phi) is 5.49. The van der Waals surface area contributed by atoms with Gasteiger partial charge in [-0.2, -0.15) is 5.26 Å². The average Bonchev–Trinajstić information content (AvgIpc) is 2.92. The van der Waals surface area contributed by atoms with E-state index in [2.05, 4.69) is 10.2 Å². The molecular formula is C14H14FN5OS. The van der Waals surface area contributed by atoms with Crippen molar-refractivity contribution in [3.05, 3.63) is 36.4 Å². The van der Waals surface area contributed by atoms with Gasteiger partial charge in [0.15, 0.2) is 5.16 Å². The van der Waals surface area contributed by atoms with E-state index in [1.807, 2.05) is 6.07 Å². The van der Waals surface area contributed by atoms with Gasteiger partial charge in [-0.25, -0.2) is 4.39 Å². The smallest absolute Gasteiger partial charge is 0.237 e. The Labute approximate surface area is 131 Å². The van der Waals surface area contributed by atoms with Crippen LogP contribution in [0.1, 0.15) is 6.42 Å². The third-order valence-electron chi connectivity index (χ3n) is 2.88. The van der Waals surface area contributed by atoms with Crippen LogP contribution in [0.3, 0.4) is 0 Å². The lowest BCUT2D eigenvalue weighted by Gasteiger charge is -2.21. The minimum absolute atomic E-state index is 0.162. The first-order chi connectivity index (χ1) is 10.6. The highest BCUT2D eigenvalue weighted by Crippen LogP contribution is 2.19. The minimum Gasteiger partial charge on any atom is -0.312 e. The Balaban J connectivity index is 2.07. The lowest BCUT2D eigenvalue weighted by Crippen LogP contribution is -2.33. The van der Waals surface area contributed by atoms with Crippen LogP contribution < -0.4 is 4.90 Å². The van der Waals surface area contributed by atoms with Crippen LogP contribution in [0.4, 0.5) is 10.1 Å². The Morgan fingerprint density at radius 3 is 2.77 bits per heavy atom. The molecule has 0 aliphatic heterocycles. The van der Waals surface area contributed by atoms with Gasteiger partial charge in [-0.3, -0.25) is 4.79 Å². The molecule has 0 saturated carbocycles. The second kappa shape index (κ2) is 7.56. The first kappa shape index (κ1) is 16.0. The highest BCUT2D eigenvalue weighted by molar-refractivity contribution is 7.99. The Hall–Kier alpha value is -2.40. The third kappa shape index (κ3) is 4.05. The molecule has 0 saturated heterocycles. The summed E-state index contributed by atoms with van der Waals surface area (Å²) in [4.78, 5) is 13.9. The quantitative estimate of drug-likeness (QED) is 0.761. The van der Waals surface area contributed by atoms with Crippen molar-refractivity contribution in [1.82, 2.24) is 14.8 Å². The standard InChI is InChI=1S/C14H14FN5OS/c1-19-10-17-18-14(19)22-9-13(21)20(8-2-7-16)12-5-3-11(15)4-6-12/h3-6,10H,2,8-9H2,1H3. The summed E-state index contributed by atoms with van der Waals surface area (Å²) in [5.74, 6) is -0.380. The van der Waals surface area contributed by atoms with Crippen LogP contribution in [0.25, 0.3) is 0 Å². The number of nitrogens with zero attached hydrogens (tertiary/aromatic N) is 5. The second-order valence-corrected chi connectivity index (χ2v) is 5.39. The van der Waals surface area contributed by atoms with Gasteiger partial charge in [0, 0.05) is 19.3 Å². The molecule has 0 N–H and O–H groups in total. The number of aromatic nitrogens is 3. The molecule has 0 aliphatic rings. The van der Waals surface area contributed by atoms with Crippen LogP contribution in [0.15, 0.2) is 35.7 Å². The van der Waals surface area contributed by atoms with Crippen molar-refractivity contribution in [3.63, 3.8) is 0 Å². The van der Waals surface area contributed by atoms with E-state index in [0.29, 0.717) is 10.8 Å². The van der Waals surface area contributed by atoms with Crippen LogP contribution in [0.5, 0.6) is 0 Å². The molecule has 0 aliphatic carbocycles. The first-order valence-corrected chi connectivity index (χ1v) is 7.50. The number of benzene rings is 1. The molecule has 1 heterocycles. The average molecular weight is 319 g/mol. The molecule has 0 fully saturated rings. The number of nitriles is 1. The van der Waals surface area contributed by atoms with Crippen molar-refractivity contribution in [2.24, 2.45) is 7.05 Å². The number of rotatable bonds is 6. The van der Waals surface area contributed by atoms with Gasteiger partial charge in [-0.15, -0.1) is 10.2 Å². The van der Waals surface area contributed by atoms with Gasteiger partial charge in [-0.1, -0.05) is 11.8 Å². The van der Waals surface area contributed by atoms with Gasteiger partial charge < -0.3 is 9.47 Å². The third-order valence-corrected chi connectivity index (χ3v) is 3.90. The number of hydrogen-bond donors (Lipinski definition) is 0. The molecule has 22 heavy (non-hydrogen) atoms. The molecular weight excluding hydrogens is 305 g/mol. The molecule has 6 nitrogen and oxygen atoms in total.